The molecule has 2 aromatic rings. The van der Waals surface area contributed by atoms with Crippen LogP contribution in [0.15, 0.2) is 15.4 Å². The van der Waals surface area contributed by atoms with E-state index in [2.05, 4.69) is 15.1 Å². The molecule has 7 heteroatoms. The van der Waals surface area contributed by atoms with E-state index in [0.29, 0.717) is 23.8 Å². The second-order valence-electron chi connectivity index (χ2n) is 3.62. The van der Waals surface area contributed by atoms with E-state index in [1.165, 1.54) is 11.3 Å². The van der Waals surface area contributed by atoms with Gasteiger partial charge in [-0.25, -0.2) is 4.98 Å². The molecule has 2 heterocycles. The molecule has 1 saturated carbocycles. The molecular weight excluding hydrogens is 230 g/mol. The normalized spacial score (nSPS) is 23.2. The maximum Gasteiger partial charge on any atom is 0.307 e. The lowest BCUT2D eigenvalue weighted by molar-refractivity contribution is -0.138. The second-order valence-corrected chi connectivity index (χ2v) is 4.34. The molecule has 0 saturated heterocycles. The zero-order valence-corrected chi connectivity index (χ0v) is 8.85. The molecule has 1 aliphatic carbocycles. The minimum Gasteiger partial charge on any atom is -0.481 e. The van der Waals surface area contributed by atoms with Crippen LogP contribution in [0, 0.1) is 5.92 Å². The Morgan fingerprint density at radius 1 is 1.62 bits per heavy atom. The number of rotatable bonds is 3. The van der Waals surface area contributed by atoms with E-state index in [1.807, 2.05) is 5.38 Å². The molecule has 1 aliphatic rings. The fraction of sp³-hybridized carbons (Fsp3) is 0.333. The minimum absolute atomic E-state index is 0.127. The summed E-state index contributed by atoms with van der Waals surface area (Å²) in [6.45, 7) is 0. The standard InChI is InChI=1S/C9H7N3O3S/c13-9(14)5-1-4(5)8-11-7(12-15-8)6-2-16-3-10-6/h2-5H,1H2,(H,13,14). The highest BCUT2D eigenvalue weighted by molar-refractivity contribution is 7.07. The van der Waals surface area contributed by atoms with Gasteiger partial charge in [0.15, 0.2) is 0 Å². The van der Waals surface area contributed by atoms with Gasteiger partial charge in [0.25, 0.3) is 0 Å². The van der Waals surface area contributed by atoms with Gasteiger partial charge in [0.2, 0.25) is 11.7 Å². The average molecular weight is 237 g/mol. The number of hydrogen-bond donors (Lipinski definition) is 1. The van der Waals surface area contributed by atoms with E-state index in [4.69, 9.17) is 9.63 Å². The molecule has 1 fully saturated rings. The first-order valence-electron chi connectivity index (χ1n) is 4.70. The van der Waals surface area contributed by atoms with Crippen molar-refractivity contribution >= 4 is 17.3 Å². The lowest BCUT2D eigenvalue weighted by Crippen LogP contribution is -1.98. The van der Waals surface area contributed by atoms with Crippen molar-refractivity contribution in [3.8, 4) is 11.5 Å². The van der Waals surface area contributed by atoms with Gasteiger partial charge in [0.05, 0.1) is 17.3 Å². The number of aliphatic carboxylic acids is 1. The fourth-order valence-corrected chi connectivity index (χ4v) is 2.08. The topological polar surface area (TPSA) is 89.1 Å². The van der Waals surface area contributed by atoms with Gasteiger partial charge in [-0.15, -0.1) is 11.3 Å². The molecule has 6 nitrogen and oxygen atoms in total. The summed E-state index contributed by atoms with van der Waals surface area (Å²) in [7, 11) is 0. The molecular formula is C9H7N3O3S. The summed E-state index contributed by atoms with van der Waals surface area (Å²) < 4.78 is 5.03. The molecule has 2 unspecified atom stereocenters. The van der Waals surface area contributed by atoms with Gasteiger partial charge in [-0.3, -0.25) is 4.79 Å². The summed E-state index contributed by atoms with van der Waals surface area (Å²) in [5.74, 6) is -0.484. The van der Waals surface area contributed by atoms with Crippen LogP contribution in [0.3, 0.4) is 0 Å². The lowest BCUT2D eigenvalue weighted by atomic mass is 10.3. The number of thiazole rings is 1. The molecule has 82 valence electrons. The number of hydrogen-bond acceptors (Lipinski definition) is 6. The average Bonchev–Trinajstić information content (AvgIpc) is 2.72. The molecule has 3 rings (SSSR count). The van der Waals surface area contributed by atoms with E-state index in [9.17, 15) is 4.79 Å². The van der Waals surface area contributed by atoms with E-state index < -0.39 is 5.97 Å². The number of aromatic nitrogens is 3. The van der Waals surface area contributed by atoms with E-state index in [0.717, 1.165) is 0 Å². The molecule has 0 spiro atoms. The minimum atomic E-state index is -0.807. The fourth-order valence-electron chi connectivity index (χ4n) is 1.55. The van der Waals surface area contributed by atoms with Gasteiger partial charge in [-0.2, -0.15) is 4.98 Å². The second kappa shape index (κ2) is 3.38. The highest BCUT2D eigenvalue weighted by Gasteiger charge is 2.48. The zero-order chi connectivity index (χ0) is 11.1. The predicted molar refractivity (Wildman–Crippen MR) is 53.9 cm³/mol. The first kappa shape index (κ1) is 9.46. The van der Waals surface area contributed by atoms with Crippen molar-refractivity contribution in [2.45, 2.75) is 12.3 Å². The molecule has 0 aromatic carbocycles. The Morgan fingerprint density at radius 2 is 2.50 bits per heavy atom. The van der Waals surface area contributed by atoms with Crippen molar-refractivity contribution in [3.63, 3.8) is 0 Å². The van der Waals surface area contributed by atoms with Gasteiger partial charge in [0, 0.05) is 5.38 Å². The van der Waals surface area contributed by atoms with E-state index in [-0.39, 0.29) is 11.8 Å². The van der Waals surface area contributed by atoms with Crippen molar-refractivity contribution in [1.82, 2.24) is 15.1 Å². The first-order chi connectivity index (χ1) is 7.75. The summed E-state index contributed by atoms with van der Waals surface area (Å²) in [5, 5.41) is 14.4. The summed E-state index contributed by atoms with van der Waals surface area (Å²) in [5.41, 5.74) is 2.34. The smallest absolute Gasteiger partial charge is 0.307 e. The van der Waals surface area contributed by atoms with Crippen LogP contribution in [0.4, 0.5) is 0 Å². The SMILES string of the molecule is O=C(O)C1CC1c1nc(-c2cscn2)no1. The van der Waals surface area contributed by atoms with Gasteiger partial charge in [-0.1, -0.05) is 5.16 Å². The lowest BCUT2D eigenvalue weighted by Gasteiger charge is -1.86. The summed E-state index contributed by atoms with van der Waals surface area (Å²) in [6.07, 6.45) is 0.577. The molecule has 2 aromatic heterocycles. The van der Waals surface area contributed by atoms with Gasteiger partial charge in [0.1, 0.15) is 5.69 Å². The molecule has 16 heavy (non-hydrogen) atoms. The van der Waals surface area contributed by atoms with Crippen molar-refractivity contribution in [1.29, 1.82) is 0 Å². The summed E-state index contributed by atoms with van der Waals surface area (Å²) >= 11 is 1.45. The molecule has 2 atom stereocenters. The van der Waals surface area contributed by atoms with Crippen LogP contribution in [0.1, 0.15) is 18.2 Å². The van der Waals surface area contributed by atoms with E-state index >= 15 is 0 Å². The Labute approximate surface area is 93.9 Å². The first-order valence-corrected chi connectivity index (χ1v) is 5.65. The van der Waals surface area contributed by atoms with Gasteiger partial charge < -0.3 is 9.63 Å². The monoisotopic (exact) mass is 237 g/mol. The van der Waals surface area contributed by atoms with Crippen LogP contribution < -0.4 is 0 Å². The van der Waals surface area contributed by atoms with Crippen LogP contribution >= 0.6 is 11.3 Å². The Hall–Kier alpha value is -1.76. The van der Waals surface area contributed by atoms with E-state index in [1.54, 1.807) is 5.51 Å². The number of carboxylic acid groups (broad SMARTS) is 1. The Kier molecular flexibility index (Phi) is 2.00. The van der Waals surface area contributed by atoms with Crippen LogP contribution in [0.25, 0.3) is 11.5 Å². The summed E-state index contributed by atoms with van der Waals surface area (Å²) in [6, 6.07) is 0. The third-order valence-electron chi connectivity index (χ3n) is 2.53. The van der Waals surface area contributed by atoms with Crippen molar-refractivity contribution in [3.05, 3.63) is 16.8 Å². The number of carboxylic acids is 1. The maximum absolute atomic E-state index is 10.7. The van der Waals surface area contributed by atoms with Crippen LogP contribution in [-0.4, -0.2) is 26.2 Å². The van der Waals surface area contributed by atoms with Crippen LogP contribution in [0.5, 0.6) is 0 Å². The Bertz CT molecular complexity index is 522. The Morgan fingerprint density at radius 3 is 3.12 bits per heavy atom. The molecule has 1 N–H and O–H groups in total. The molecule has 0 radical (unpaired) electrons. The van der Waals surface area contributed by atoms with Gasteiger partial charge in [-0.05, 0) is 6.42 Å². The predicted octanol–water partition coefficient (Wildman–Crippen LogP) is 1.38. The molecule has 0 bridgehead atoms. The quantitative estimate of drug-likeness (QED) is 0.867. The highest BCUT2D eigenvalue weighted by Crippen LogP contribution is 2.47. The van der Waals surface area contributed by atoms with Gasteiger partial charge >= 0.3 is 5.97 Å². The largest absolute Gasteiger partial charge is 0.481 e. The maximum atomic E-state index is 10.7. The Balaban J connectivity index is 1.82. The number of carbonyl (C=O) groups is 1. The highest BCUT2D eigenvalue weighted by atomic mass is 32.1. The van der Waals surface area contributed by atoms with Crippen LogP contribution in [-0.2, 0) is 4.79 Å². The van der Waals surface area contributed by atoms with Crippen molar-refractivity contribution < 1.29 is 14.4 Å². The summed E-state index contributed by atoms with van der Waals surface area (Å²) in [4.78, 5) is 18.9. The third kappa shape index (κ3) is 1.49. The number of nitrogens with zero attached hydrogens (tertiary/aromatic N) is 3. The van der Waals surface area contributed by atoms with Crippen molar-refractivity contribution in [2.24, 2.45) is 5.92 Å². The van der Waals surface area contributed by atoms with Crippen molar-refractivity contribution in [2.75, 3.05) is 0 Å². The zero-order valence-electron chi connectivity index (χ0n) is 8.03. The molecule has 0 aliphatic heterocycles. The third-order valence-corrected chi connectivity index (χ3v) is 3.11. The van der Waals surface area contributed by atoms with Crippen LogP contribution in [0.2, 0.25) is 0 Å². The molecule has 0 amide bonds.